The van der Waals surface area contributed by atoms with Gasteiger partial charge in [-0.15, -0.1) is 10.2 Å². The highest BCUT2D eigenvalue weighted by Gasteiger charge is 2.21. The van der Waals surface area contributed by atoms with Gasteiger partial charge >= 0.3 is 0 Å². The normalized spacial score (nSPS) is 11.0. The fourth-order valence-corrected chi connectivity index (χ4v) is 3.05. The number of nitrogens with one attached hydrogen (secondary N) is 2. The molecule has 9 nitrogen and oxygen atoms in total. The summed E-state index contributed by atoms with van der Waals surface area (Å²) in [5, 5.41) is 25.0. The van der Waals surface area contributed by atoms with Crippen molar-refractivity contribution in [1.82, 2.24) is 10.2 Å². The molecule has 0 bridgehead atoms. The van der Waals surface area contributed by atoms with Crippen molar-refractivity contribution in [3.63, 3.8) is 0 Å². The molecule has 10 heteroatoms. The number of rotatable bonds is 5. The van der Waals surface area contributed by atoms with Gasteiger partial charge in [0.05, 0.1) is 4.92 Å². The molecule has 2 aromatic carbocycles. The molecule has 0 atom stereocenters. The van der Waals surface area contributed by atoms with Crippen LogP contribution in [0.3, 0.4) is 0 Å². The quantitative estimate of drug-likeness (QED) is 0.462. The van der Waals surface area contributed by atoms with E-state index in [0.717, 1.165) is 11.3 Å². The van der Waals surface area contributed by atoms with Gasteiger partial charge in [0.15, 0.2) is 0 Å². The van der Waals surface area contributed by atoms with Gasteiger partial charge in [-0.1, -0.05) is 32.1 Å². The first-order valence-corrected chi connectivity index (χ1v) is 9.76. The molecule has 0 saturated heterocycles. The Bertz CT molecular complexity index is 1090. The smallest absolute Gasteiger partial charge is 0.269 e. The SMILES string of the molecule is CC(C)(C)C(=O)Nc1ccc(C(=O)Nc2nnc(-c3ccc([N+](=O)[O-])cc3)s2)cc1. The van der Waals surface area contributed by atoms with Crippen LogP contribution >= 0.6 is 11.3 Å². The number of benzene rings is 2. The molecule has 2 amide bonds. The second-order valence-electron chi connectivity index (χ2n) is 7.45. The first kappa shape index (κ1) is 21.1. The summed E-state index contributed by atoms with van der Waals surface area (Å²) in [5.74, 6) is -0.484. The summed E-state index contributed by atoms with van der Waals surface area (Å²) in [6, 6.07) is 12.4. The minimum absolute atomic E-state index is 0.0149. The standard InChI is InChI=1S/C20H19N5O4S/c1-20(2,3)18(27)21-14-8-4-12(5-9-14)16(26)22-19-24-23-17(30-19)13-6-10-15(11-7-13)25(28)29/h4-11H,1-3H3,(H,21,27)(H,22,24,26). The van der Waals surface area contributed by atoms with Gasteiger partial charge in [0.1, 0.15) is 5.01 Å². The average Bonchev–Trinajstić information content (AvgIpc) is 3.16. The number of non-ortho nitro benzene ring substituents is 1. The van der Waals surface area contributed by atoms with Crippen LogP contribution in [0.4, 0.5) is 16.5 Å². The molecule has 0 saturated carbocycles. The number of hydrogen-bond donors (Lipinski definition) is 2. The number of nitrogens with zero attached hydrogens (tertiary/aromatic N) is 3. The lowest BCUT2D eigenvalue weighted by atomic mass is 9.95. The van der Waals surface area contributed by atoms with Gasteiger partial charge in [0.25, 0.3) is 11.6 Å². The van der Waals surface area contributed by atoms with E-state index in [1.165, 1.54) is 12.1 Å². The first-order valence-electron chi connectivity index (χ1n) is 8.95. The molecule has 154 valence electrons. The van der Waals surface area contributed by atoms with Crippen molar-refractivity contribution in [1.29, 1.82) is 0 Å². The largest absolute Gasteiger partial charge is 0.326 e. The van der Waals surface area contributed by atoms with E-state index in [9.17, 15) is 19.7 Å². The number of carbonyl (C=O) groups is 2. The number of aromatic nitrogens is 2. The van der Waals surface area contributed by atoms with Crippen LogP contribution in [0.1, 0.15) is 31.1 Å². The van der Waals surface area contributed by atoms with Gasteiger partial charge in [0.2, 0.25) is 11.0 Å². The van der Waals surface area contributed by atoms with Crippen molar-refractivity contribution >= 4 is 39.7 Å². The van der Waals surface area contributed by atoms with Crippen LogP contribution < -0.4 is 10.6 Å². The molecule has 0 aliphatic rings. The number of hydrogen-bond acceptors (Lipinski definition) is 7. The summed E-state index contributed by atoms with van der Waals surface area (Å²) in [7, 11) is 0. The van der Waals surface area contributed by atoms with Gasteiger partial charge in [-0.25, -0.2) is 0 Å². The van der Waals surface area contributed by atoms with E-state index >= 15 is 0 Å². The summed E-state index contributed by atoms with van der Waals surface area (Å²) in [6.07, 6.45) is 0. The highest BCUT2D eigenvalue weighted by Crippen LogP contribution is 2.28. The molecule has 30 heavy (non-hydrogen) atoms. The number of nitro groups is 1. The van der Waals surface area contributed by atoms with Crippen LogP contribution in [0, 0.1) is 15.5 Å². The summed E-state index contributed by atoms with van der Waals surface area (Å²) >= 11 is 1.16. The predicted octanol–water partition coefficient (Wildman–Crippen LogP) is 4.35. The summed E-state index contributed by atoms with van der Waals surface area (Å²) in [6.45, 7) is 5.45. The van der Waals surface area contributed by atoms with Gasteiger partial charge in [-0.2, -0.15) is 0 Å². The lowest BCUT2D eigenvalue weighted by molar-refractivity contribution is -0.384. The summed E-state index contributed by atoms with van der Waals surface area (Å²) in [5.41, 5.74) is 1.13. The minimum Gasteiger partial charge on any atom is -0.326 e. The zero-order valence-electron chi connectivity index (χ0n) is 16.5. The molecule has 2 N–H and O–H groups in total. The Morgan fingerprint density at radius 1 is 0.967 bits per heavy atom. The number of amides is 2. The van der Waals surface area contributed by atoms with Crippen LogP contribution in [-0.2, 0) is 4.79 Å². The van der Waals surface area contributed by atoms with Crippen molar-refractivity contribution in [2.24, 2.45) is 5.41 Å². The van der Waals surface area contributed by atoms with Crippen molar-refractivity contribution in [3.05, 3.63) is 64.2 Å². The highest BCUT2D eigenvalue weighted by atomic mass is 32.1. The predicted molar refractivity (Wildman–Crippen MR) is 114 cm³/mol. The van der Waals surface area contributed by atoms with Gasteiger partial charge in [-0.05, 0) is 36.4 Å². The van der Waals surface area contributed by atoms with E-state index in [4.69, 9.17) is 0 Å². The van der Waals surface area contributed by atoms with E-state index in [1.807, 2.05) is 20.8 Å². The van der Waals surface area contributed by atoms with Crippen LogP contribution in [0.15, 0.2) is 48.5 Å². The van der Waals surface area contributed by atoms with Crippen molar-refractivity contribution in [3.8, 4) is 10.6 Å². The molecule has 0 radical (unpaired) electrons. The maximum Gasteiger partial charge on any atom is 0.269 e. The lowest BCUT2D eigenvalue weighted by Gasteiger charge is -2.17. The van der Waals surface area contributed by atoms with E-state index in [1.54, 1.807) is 36.4 Å². The Morgan fingerprint density at radius 2 is 1.60 bits per heavy atom. The van der Waals surface area contributed by atoms with Gasteiger partial charge in [0, 0.05) is 34.4 Å². The highest BCUT2D eigenvalue weighted by molar-refractivity contribution is 7.18. The zero-order chi connectivity index (χ0) is 21.9. The molecule has 0 aliphatic heterocycles. The second kappa shape index (κ2) is 8.37. The monoisotopic (exact) mass is 425 g/mol. The Balaban J connectivity index is 1.65. The fourth-order valence-electron chi connectivity index (χ4n) is 2.31. The van der Waals surface area contributed by atoms with E-state index in [-0.39, 0.29) is 17.5 Å². The molecule has 3 aromatic rings. The maximum absolute atomic E-state index is 12.4. The third kappa shape index (κ3) is 5.03. The number of anilines is 2. The van der Waals surface area contributed by atoms with Crippen LogP contribution in [-0.4, -0.2) is 26.9 Å². The molecule has 0 spiro atoms. The first-order chi connectivity index (χ1) is 14.1. The second-order valence-corrected chi connectivity index (χ2v) is 8.43. The molecule has 0 unspecified atom stereocenters. The van der Waals surface area contributed by atoms with Crippen LogP contribution in [0.5, 0.6) is 0 Å². The topological polar surface area (TPSA) is 127 Å². The van der Waals surface area contributed by atoms with Crippen molar-refractivity contribution < 1.29 is 14.5 Å². The maximum atomic E-state index is 12.4. The van der Waals surface area contributed by atoms with Crippen LogP contribution in [0.25, 0.3) is 10.6 Å². The minimum atomic E-state index is -0.519. The number of nitro benzene ring substituents is 1. The molecule has 1 heterocycles. The van der Waals surface area contributed by atoms with Crippen LogP contribution in [0.2, 0.25) is 0 Å². The Kier molecular flexibility index (Phi) is 5.88. The molecular weight excluding hydrogens is 406 g/mol. The van der Waals surface area contributed by atoms with Gasteiger partial charge in [-0.3, -0.25) is 25.0 Å². The van der Waals surface area contributed by atoms with Gasteiger partial charge < -0.3 is 5.32 Å². The van der Waals surface area contributed by atoms with E-state index in [2.05, 4.69) is 20.8 Å². The average molecular weight is 425 g/mol. The Hall–Kier alpha value is -3.66. The molecule has 1 aromatic heterocycles. The van der Waals surface area contributed by atoms with E-state index in [0.29, 0.717) is 27.0 Å². The molecule has 0 fully saturated rings. The Morgan fingerprint density at radius 3 is 2.17 bits per heavy atom. The fraction of sp³-hybridized carbons (Fsp3) is 0.200. The molecule has 3 rings (SSSR count). The third-order valence-electron chi connectivity index (χ3n) is 4.06. The zero-order valence-corrected chi connectivity index (χ0v) is 17.3. The Labute approximate surface area is 176 Å². The summed E-state index contributed by atoms with van der Waals surface area (Å²) in [4.78, 5) is 34.7. The molecule has 0 aliphatic carbocycles. The van der Waals surface area contributed by atoms with E-state index < -0.39 is 10.3 Å². The summed E-state index contributed by atoms with van der Waals surface area (Å²) < 4.78 is 0. The lowest BCUT2D eigenvalue weighted by Crippen LogP contribution is -2.27. The third-order valence-corrected chi connectivity index (χ3v) is 4.94. The molecular formula is C20H19N5O4S. The van der Waals surface area contributed by atoms with Crippen molar-refractivity contribution in [2.45, 2.75) is 20.8 Å². The number of carbonyl (C=O) groups excluding carboxylic acids is 2. The van der Waals surface area contributed by atoms with Crippen molar-refractivity contribution in [2.75, 3.05) is 10.6 Å².